The van der Waals surface area contributed by atoms with Gasteiger partial charge < -0.3 is 9.88 Å². The van der Waals surface area contributed by atoms with Crippen molar-refractivity contribution in [2.45, 2.75) is 6.42 Å². The van der Waals surface area contributed by atoms with Crippen molar-refractivity contribution in [3.8, 4) is 5.69 Å². The third kappa shape index (κ3) is 1.11. The monoisotopic (exact) mass is 184 g/mol. The quantitative estimate of drug-likeness (QED) is 0.720. The van der Waals surface area contributed by atoms with Crippen molar-refractivity contribution in [2.75, 3.05) is 11.9 Å². The number of anilines is 1. The molecule has 2 aromatic rings. The van der Waals surface area contributed by atoms with Crippen LogP contribution in [0.4, 0.5) is 5.69 Å². The summed E-state index contributed by atoms with van der Waals surface area (Å²) >= 11 is 0. The maximum atomic E-state index is 3.39. The maximum absolute atomic E-state index is 3.39. The summed E-state index contributed by atoms with van der Waals surface area (Å²) in [5.74, 6) is 0. The molecule has 1 N–H and O–H groups in total. The van der Waals surface area contributed by atoms with Gasteiger partial charge in [-0.15, -0.1) is 0 Å². The topological polar surface area (TPSA) is 17.0 Å². The van der Waals surface area contributed by atoms with E-state index < -0.39 is 0 Å². The zero-order chi connectivity index (χ0) is 9.38. The van der Waals surface area contributed by atoms with Crippen LogP contribution in [0, 0.1) is 0 Å². The Hall–Kier alpha value is -1.70. The van der Waals surface area contributed by atoms with Crippen molar-refractivity contribution < 1.29 is 0 Å². The summed E-state index contributed by atoms with van der Waals surface area (Å²) in [4.78, 5) is 0. The first-order valence-electron chi connectivity index (χ1n) is 4.94. The van der Waals surface area contributed by atoms with Crippen molar-refractivity contribution in [1.82, 2.24) is 4.57 Å². The smallest absolute Gasteiger partial charge is 0.0470 e. The van der Waals surface area contributed by atoms with Gasteiger partial charge in [0.1, 0.15) is 0 Å². The van der Waals surface area contributed by atoms with E-state index >= 15 is 0 Å². The largest absolute Gasteiger partial charge is 0.384 e. The minimum absolute atomic E-state index is 1.07. The summed E-state index contributed by atoms with van der Waals surface area (Å²) in [6.07, 6.45) is 5.29. The van der Waals surface area contributed by atoms with E-state index in [1.807, 2.05) is 12.1 Å². The van der Waals surface area contributed by atoms with Crippen molar-refractivity contribution in [2.24, 2.45) is 0 Å². The van der Waals surface area contributed by atoms with Gasteiger partial charge in [0.25, 0.3) is 0 Å². The SMILES string of the molecule is c1ccn(-c2ccc3c(c2)NCC3)c1. The van der Waals surface area contributed by atoms with Crippen molar-refractivity contribution >= 4 is 5.69 Å². The summed E-state index contributed by atoms with van der Waals surface area (Å²) < 4.78 is 2.13. The van der Waals surface area contributed by atoms with Crippen LogP contribution in [0.25, 0.3) is 5.69 Å². The fourth-order valence-corrected chi connectivity index (χ4v) is 1.95. The van der Waals surface area contributed by atoms with Gasteiger partial charge in [-0.05, 0) is 36.2 Å². The molecule has 0 amide bonds. The minimum atomic E-state index is 1.07. The second-order valence-corrected chi connectivity index (χ2v) is 3.61. The average molecular weight is 184 g/mol. The molecule has 2 nitrogen and oxygen atoms in total. The van der Waals surface area contributed by atoms with Gasteiger partial charge in [-0.2, -0.15) is 0 Å². The molecule has 1 aliphatic rings. The van der Waals surface area contributed by atoms with Crippen LogP contribution in [0.5, 0.6) is 0 Å². The minimum Gasteiger partial charge on any atom is -0.384 e. The number of nitrogens with zero attached hydrogens (tertiary/aromatic N) is 1. The molecule has 0 fully saturated rings. The Bertz CT molecular complexity index is 443. The molecule has 1 aromatic heterocycles. The van der Waals surface area contributed by atoms with E-state index in [9.17, 15) is 0 Å². The fraction of sp³-hybridized carbons (Fsp3) is 0.167. The third-order valence-electron chi connectivity index (χ3n) is 2.71. The number of nitrogens with one attached hydrogen (secondary N) is 1. The molecule has 0 saturated heterocycles. The van der Waals surface area contributed by atoms with E-state index in [2.05, 4.69) is 40.5 Å². The molecular weight excluding hydrogens is 172 g/mol. The molecule has 0 atom stereocenters. The van der Waals surface area contributed by atoms with E-state index in [4.69, 9.17) is 0 Å². The number of rotatable bonds is 1. The van der Waals surface area contributed by atoms with E-state index in [1.54, 1.807) is 0 Å². The second-order valence-electron chi connectivity index (χ2n) is 3.61. The van der Waals surface area contributed by atoms with Crippen LogP contribution >= 0.6 is 0 Å². The van der Waals surface area contributed by atoms with Gasteiger partial charge in [0.05, 0.1) is 0 Å². The van der Waals surface area contributed by atoms with Crippen LogP contribution in [-0.2, 0) is 6.42 Å². The van der Waals surface area contributed by atoms with Gasteiger partial charge in [0.2, 0.25) is 0 Å². The first kappa shape index (κ1) is 7.68. The Morgan fingerprint density at radius 1 is 1.14 bits per heavy atom. The van der Waals surface area contributed by atoms with Crippen LogP contribution < -0.4 is 5.32 Å². The summed E-state index contributed by atoms with van der Waals surface area (Å²) in [7, 11) is 0. The molecule has 0 aliphatic carbocycles. The molecule has 3 rings (SSSR count). The molecule has 14 heavy (non-hydrogen) atoms. The lowest BCUT2D eigenvalue weighted by atomic mass is 10.1. The Morgan fingerprint density at radius 3 is 2.86 bits per heavy atom. The highest BCUT2D eigenvalue weighted by atomic mass is 15.0. The van der Waals surface area contributed by atoms with Crippen LogP contribution in [0.2, 0.25) is 0 Å². The van der Waals surface area contributed by atoms with Gasteiger partial charge in [0, 0.05) is 30.3 Å². The van der Waals surface area contributed by atoms with Crippen molar-refractivity contribution in [3.63, 3.8) is 0 Å². The molecule has 2 heteroatoms. The average Bonchev–Trinajstić information content (AvgIpc) is 2.88. The Morgan fingerprint density at radius 2 is 2.00 bits per heavy atom. The highest BCUT2D eigenvalue weighted by Gasteiger charge is 2.09. The molecule has 1 aromatic carbocycles. The fourth-order valence-electron chi connectivity index (χ4n) is 1.95. The highest BCUT2D eigenvalue weighted by molar-refractivity contribution is 5.60. The molecule has 0 saturated carbocycles. The molecule has 0 spiro atoms. The first-order chi connectivity index (χ1) is 6.93. The van der Waals surface area contributed by atoms with E-state index in [1.165, 1.54) is 16.9 Å². The lowest BCUT2D eigenvalue weighted by molar-refractivity contribution is 1.08. The predicted molar refractivity (Wildman–Crippen MR) is 58.0 cm³/mol. The summed E-state index contributed by atoms with van der Waals surface area (Å²) in [5, 5.41) is 3.39. The Labute approximate surface area is 83.2 Å². The lowest BCUT2D eigenvalue weighted by Crippen LogP contribution is -1.93. The van der Waals surface area contributed by atoms with Gasteiger partial charge in [-0.1, -0.05) is 6.07 Å². The number of benzene rings is 1. The molecule has 2 heterocycles. The van der Waals surface area contributed by atoms with Crippen LogP contribution in [0.1, 0.15) is 5.56 Å². The standard InChI is InChI=1S/C12H12N2/c1-2-8-14(7-1)11-4-3-10-5-6-13-12(10)9-11/h1-4,7-9,13H,5-6H2. The number of fused-ring (bicyclic) bond motifs is 1. The van der Waals surface area contributed by atoms with Gasteiger partial charge in [-0.3, -0.25) is 0 Å². The van der Waals surface area contributed by atoms with Gasteiger partial charge >= 0.3 is 0 Å². The summed E-state index contributed by atoms with van der Waals surface area (Å²) in [5.41, 5.74) is 3.94. The van der Waals surface area contributed by atoms with Crippen LogP contribution in [0.15, 0.2) is 42.7 Å². The molecule has 0 bridgehead atoms. The van der Waals surface area contributed by atoms with Gasteiger partial charge in [0.15, 0.2) is 0 Å². The van der Waals surface area contributed by atoms with E-state index in [0.29, 0.717) is 0 Å². The summed E-state index contributed by atoms with van der Waals surface area (Å²) in [6.45, 7) is 1.07. The molecule has 1 aliphatic heterocycles. The molecule has 0 radical (unpaired) electrons. The summed E-state index contributed by atoms with van der Waals surface area (Å²) in [6, 6.07) is 10.7. The van der Waals surface area contributed by atoms with Crippen molar-refractivity contribution in [3.05, 3.63) is 48.3 Å². The first-order valence-corrected chi connectivity index (χ1v) is 4.94. The maximum Gasteiger partial charge on any atom is 0.0470 e. The van der Waals surface area contributed by atoms with Crippen molar-refractivity contribution in [1.29, 1.82) is 0 Å². The van der Waals surface area contributed by atoms with E-state index in [-0.39, 0.29) is 0 Å². The lowest BCUT2D eigenvalue weighted by Gasteiger charge is -2.05. The Balaban J connectivity index is 2.09. The van der Waals surface area contributed by atoms with Crippen LogP contribution in [0.3, 0.4) is 0 Å². The zero-order valence-electron chi connectivity index (χ0n) is 7.90. The van der Waals surface area contributed by atoms with Gasteiger partial charge in [-0.25, -0.2) is 0 Å². The second kappa shape index (κ2) is 2.91. The highest BCUT2D eigenvalue weighted by Crippen LogP contribution is 2.24. The van der Waals surface area contributed by atoms with Crippen LogP contribution in [-0.4, -0.2) is 11.1 Å². The molecule has 0 unspecified atom stereocenters. The predicted octanol–water partition coefficient (Wildman–Crippen LogP) is 2.45. The third-order valence-corrected chi connectivity index (χ3v) is 2.71. The van der Waals surface area contributed by atoms with E-state index in [0.717, 1.165) is 13.0 Å². The zero-order valence-corrected chi connectivity index (χ0v) is 7.90. The molecular formula is C12H12N2. The normalized spacial score (nSPS) is 13.7. The Kier molecular flexibility index (Phi) is 1.60. The number of aromatic nitrogens is 1. The number of hydrogen-bond acceptors (Lipinski definition) is 1. The number of hydrogen-bond donors (Lipinski definition) is 1. The molecule has 70 valence electrons.